The van der Waals surface area contributed by atoms with Gasteiger partial charge in [-0.25, -0.2) is 4.98 Å². The second-order valence-electron chi connectivity index (χ2n) is 9.16. The molecular formula is C29H26N2O6S. The molecule has 38 heavy (non-hydrogen) atoms. The number of hydrogen-bond acceptors (Lipinski definition) is 8. The van der Waals surface area contributed by atoms with Gasteiger partial charge in [0.25, 0.3) is 5.91 Å². The lowest BCUT2D eigenvalue weighted by Crippen LogP contribution is -2.29. The van der Waals surface area contributed by atoms with E-state index >= 15 is 0 Å². The van der Waals surface area contributed by atoms with Crippen molar-refractivity contribution < 1.29 is 23.5 Å². The van der Waals surface area contributed by atoms with Crippen LogP contribution in [0.1, 0.15) is 61.1 Å². The fourth-order valence-electron chi connectivity index (χ4n) is 4.67. The van der Waals surface area contributed by atoms with E-state index in [1.54, 1.807) is 43.3 Å². The van der Waals surface area contributed by atoms with Crippen LogP contribution in [0.15, 0.2) is 52.2 Å². The summed E-state index contributed by atoms with van der Waals surface area (Å²) in [7, 11) is 1.52. The van der Waals surface area contributed by atoms with Gasteiger partial charge in [-0.3, -0.25) is 19.3 Å². The van der Waals surface area contributed by atoms with Crippen LogP contribution < -0.4 is 19.8 Å². The molecule has 0 radical (unpaired) electrons. The summed E-state index contributed by atoms with van der Waals surface area (Å²) in [5, 5.41) is 0.694. The first kappa shape index (κ1) is 25.4. The Balaban J connectivity index is 1.78. The average Bonchev–Trinajstić information content (AvgIpc) is 3.41. The molecule has 1 atom stereocenters. The zero-order valence-electron chi connectivity index (χ0n) is 21.7. The number of thiazole rings is 1. The number of ketones is 1. The summed E-state index contributed by atoms with van der Waals surface area (Å²) in [6.45, 7) is 11.0. The van der Waals surface area contributed by atoms with Crippen LogP contribution in [-0.4, -0.2) is 30.4 Å². The predicted octanol–water partition coefficient (Wildman–Crippen LogP) is 5.70. The monoisotopic (exact) mass is 530 g/mol. The van der Waals surface area contributed by atoms with Crippen LogP contribution in [0.5, 0.6) is 11.5 Å². The van der Waals surface area contributed by atoms with Crippen molar-refractivity contribution in [1.82, 2.24) is 4.98 Å². The fraction of sp³-hybridized carbons (Fsp3) is 0.241. The van der Waals surface area contributed by atoms with E-state index in [0.717, 1.165) is 22.5 Å². The van der Waals surface area contributed by atoms with Gasteiger partial charge in [0.15, 0.2) is 27.8 Å². The first-order valence-electron chi connectivity index (χ1n) is 12.0. The van der Waals surface area contributed by atoms with Crippen molar-refractivity contribution >= 4 is 39.1 Å². The molecule has 0 aliphatic carbocycles. The maximum absolute atomic E-state index is 14.0. The third kappa shape index (κ3) is 3.99. The normalized spacial score (nSPS) is 14.6. The van der Waals surface area contributed by atoms with E-state index in [1.807, 2.05) is 13.8 Å². The average molecular weight is 531 g/mol. The highest BCUT2D eigenvalue weighted by molar-refractivity contribution is 7.17. The number of benzene rings is 2. The molecule has 0 bridgehead atoms. The van der Waals surface area contributed by atoms with Crippen molar-refractivity contribution in [2.24, 2.45) is 0 Å². The summed E-state index contributed by atoms with van der Waals surface area (Å²) in [6.07, 6.45) is 1.62. The molecule has 0 fully saturated rings. The number of methoxy groups -OCH3 is 1. The highest BCUT2D eigenvalue weighted by Crippen LogP contribution is 2.45. The summed E-state index contributed by atoms with van der Waals surface area (Å²) in [6, 6.07) is 7.93. The fourth-order valence-corrected chi connectivity index (χ4v) is 5.66. The van der Waals surface area contributed by atoms with Gasteiger partial charge >= 0.3 is 0 Å². The molecule has 1 amide bonds. The Kier molecular flexibility index (Phi) is 6.40. The Hall–Kier alpha value is -4.24. The Morgan fingerprint density at radius 1 is 1.16 bits per heavy atom. The number of anilines is 1. The van der Waals surface area contributed by atoms with E-state index in [2.05, 4.69) is 11.6 Å². The molecule has 8 nitrogen and oxygen atoms in total. The zero-order valence-corrected chi connectivity index (χ0v) is 22.5. The van der Waals surface area contributed by atoms with Crippen molar-refractivity contribution in [3.8, 4) is 11.5 Å². The van der Waals surface area contributed by atoms with E-state index in [-0.39, 0.29) is 29.1 Å². The van der Waals surface area contributed by atoms with Crippen LogP contribution >= 0.6 is 11.3 Å². The van der Waals surface area contributed by atoms with Crippen LogP contribution in [0.4, 0.5) is 5.13 Å². The molecule has 1 aliphatic heterocycles. The van der Waals surface area contributed by atoms with Gasteiger partial charge in [-0.2, -0.15) is 0 Å². The molecule has 9 heteroatoms. The molecule has 4 aromatic rings. The molecule has 2 aromatic heterocycles. The molecule has 3 heterocycles. The first-order chi connectivity index (χ1) is 18.2. The Morgan fingerprint density at radius 2 is 1.89 bits per heavy atom. The van der Waals surface area contributed by atoms with Crippen LogP contribution in [0.3, 0.4) is 0 Å². The number of aryl methyl sites for hydroxylation is 3. The van der Waals surface area contributed by atoms with Gasteiger partial charge in [0.1, 0.15) is 12.2 Å². The third-order valence-electron chi connectivity index (χ3n) is 6.66. The van der Waals surface area contributed by atoms with Crippen molar-refractivity contribution in [1.29, 1.82) is 0 Å². The van der Waals surface area contributed by atoms with Crippen molar-refractivity contribution in [2.45, 2.75) is 33.7 Å². The van der Waals surface area contributed by atoms with Crippen molar-refractivity contribution in [3.63, 3.8) is 0 Å². The molecule has 0 N–H and O–H groups in total. The lowest BCUT2D eigenvalue weighted by molar-refractivity contribution is 0.0969. The molecule has 2 aromatic carbocycles. The highest BCUT2D eigenvalue weighted by Gasteiger charge is 2.45. The molecule has 0 saturated carbocycles. The van der Waals surface area contributed by atoms with Crippen LogP contribution in [0.2, 0.25) is 0 Å². The molecule has 1 aliphatic rings. The molecule has 0 spiro atoms. The largest absolute Gasteiger partial charge is 0.493 e. The van der Waals surface area contributed by atoms with E-state index in [4.69, 9.17) is 13.9 Å². The van der Waals surface area contributed by atoms with Crippen LogP contribution in [0.25, 0.3) is 11.0 Å². The number of nitrogens with zero attached hydrogens (tertiary/aromatic N) is 2. The number of rotatable bonds is 7. The zero-order chi connectivity index (χ0) is 27.3. The minimum atomic E-state index is -0.854. The van der Waals surface area contributed by atoms with Gasteiger partial charge < -0.3 is 13.9 Å². The minimum absolute atomic E-state index is 0.0427. The number of amides is 1. The molecule has 5 rings (SSSR count). The Bertz CT molecular complexity index is 1700. The Morgan fingerprint density at radius 3 is 2.55 bits per heavy atom. The van der Waals surface area contributed by atoms with Gasteiger partial charge in [-0.1, -0.05) is 30.1 Å². The molecular weight excluding hydrogens is 504 g/mol. The minimum Gasteiger partial charge on any atom is -0.493 e. The van der Waals surface area contributed by atoms with Crippen LogP contribution in [-0.2, 0) is 0 Å². The number of ether oxygens (including phenoxy) is 2. The van der Waals surface area contributed by atoms with E-state index in [1.165, 1.54) is 18.9 Å². The lowest BCUT2D eigenvalue weighted by atomic mass is 9.97. The number of hydrogen-bond donors (Lipinski definition) is 0. The van der Waals surface area contributed by atoms with Gasteiger partial charge in [0, 0.05) is 6.92 Å². The van der Waals surface area contributed by atoms with Crippen molar-refractivity contribution in [2.75, 3.05) is 18.6 Å². The van der Waals surface area contributed by atoms with E-state index in [0.29, 0.717) is 43.7 Å². The SMILES string of the molecule is C=CCOc1ccc(C2c3c(oc4cc(C)c(C)cc4c3=O)C(=O)N2c2nc(C)c(C(C)=O)s2)cc1OC. The van der Waals surface area contributed by atoms with Gasteiger partial charge in [-0.15, -0.1) is 0 Å². The predicted molar refractivity (Wildman–Crippen MR) is 146 cm³/mol. The first-order valence-corrected chi connectivity index (χ1v) is 12.8. The maximum Gasteiger partial charge on any atom is 0.297 e. The standard InChI is InChI=1S/C29H26N2O6S/c1-7-10-36-20-9-8-18(13-22(20)35-6)24-23-25(33)19-11-14(2)15(3)12-21(19)37-26(23)28(34)31(24)29-30-16(4)27(38-29)17(5)32/h7-9,11-13,24H,1,10H2,2-6H3. The van der Waals surface area contributed by atoms with Gasteiger partial charge in [0.05, 0.1) is 34.7 Å². The number of aromatic nitrogens is 1. The molecule has 194 valence electrons. The summed E-state index contributed by atoms with van der Waals surface area (Å²) < 4.78 is 17.4. The number of carbonyl (C=O) groups excluding carboxylic acids is 2. The lowest BCUT2D eigenvalue weighted by Gasteiger charge is -2.23. The topological polar surface area (TPSA) is 98.9 Å². The summed E-state index contributed by atoms with van der Waals surface area (Å²) >= 11 is 1.11. The van der Waals surface area contributed by atoms with E-state index < -0.39 is 11.9 Å². The van der Waals surface area contributed by atoms with E-state index in [9.17, 15) is 14.4 Å². The second-order valence-corrected chi connectivity index (χ2v) is 10.1. The van der Waals surface area contributed by atoms with Gasteiger partial charge in [-0.05, 0) is 61.7 Å². The summed E-state index contributed by atoms with van der Waals surface area (Å²) in [5.41, 5.74) is 3.27. The smallest absolute Gasteiger partial charge is 0.297 e. The molecule has 0 saturated heterocycles. The van der Waals surface area contributed by atoms with Crippen LogP contribution in [0, 0.1) is 20.8 Å². The quantitative estimate of drug-likeness (QED) is 0.223. The Labute approximate surface area is 223 Å². The maximum atomic E-state index is 14.0. The molecule has 1 unspecified atom stereocenters. The third-order valence-corrected chi connectivity index (χ3v) is 7.92. The summed E-state index contributed by atoms with van der Waals surface area (Å²) in [5.74, 6) is 0.230. The number of carbonyl (C=O) groups is 2. The highest BCUT2D eigenvalue weighted by atomic mass is 32.1. The summed E-state index contributed by atoms with van der Waals surface area (Å²) in [4.78, 5) is 46.5. The number of Topliss-reactive ketones (excluding diaryl/α,β-unsaturated/α-hetero) is 1. The van der Waals surface area contributed by atoms with Gasteiger partial charge in [0.2, 0.25) is 5.76 Å². The van der Waals surface area contributed by atoms with Crippen molar-refractivity contribution in [3.05, 3.63) is 91.8 Å². The second kappa shape index (κ2) is 9.57. The number of fused-ring (bicyclic) bond motifs is 2.